The van der Waals surface area contributed by atoms with Crippen LogP contribution in [-0.2, 0) is 10.2 Å². The zero-order chi connectivity index (χ0) is 23.4. The highest BCUT2D eigenvalue weighted by atomic mass is 79.9. The molecule has 0 unspecified atom stereocenters. The van der Waals surface area contributed by atoms with Crippen LogP contribution in [0.2, 0.25) is 0 Å². The van der Waals surface area contributed by atoms with Crippen molar-refractivity contribution in [3.63, 3.8) is 0 Å². The monoisotopic (exact) mass is 616 g/mol. The number of carbonyl (C=O) groups excluding carboxylic acids is 1. The lowest BCUT2D eigenvalue weighted by atomic mass is 9.72. The molecule has 2 aromatic carbocycles. The Balaban J connectivity index is 2.02. The van der Waals surface area contributed by atoms with E-state index in [0.29, 0.717) is 11.3 Å². The molecule has 0 saturated heterocycles. The minimum Gasteiger partial charge on any atom is -0.507 e. The van der Waals surface area contributed by atoms with Crippen LogP contribution >= 0.6 is 47.8 Å². The van der Waals surface area contributed by atoms with E-state index in [-0.39, 0.29) is 23.2 Å². The summed E-state index contributed by atoms with van der Waals surface area (Å²) in [6.07, 6.45) is 2.39. The number of halogens is 3. The van der Waals surface area contributed by atoms with Gasteiger partial charge in [-0.25, -0.2) is 5.43 Å². The smallest absolute Gasteiger partial charge is 0.277 e. The molecule has 0 spiro atoms. The second kappa shape index (κ2) is 10.5. The molecule has 0 bridgehead atoms. The molecule has 5 nitrogen and oxygen atoms in total. The van der Waals surface area contributed by atoms with Gasteiger partial charge in [-0.1, -0.05) is 50.5 Å². The fourth-order valence-electron chi connectivity index (χ4n) is 3.49. The second-order valence-corrected chi connectivity index (χ2v) is 11.8. The van der Waals surface area contributed by atoms with E-state index in [1.807, 2.05) is 12.1 Å². The van der Waals surface area contributed by atoms with Crippen LogP contribution in [0.5, 0.6) is 11.5 Å². The van der Waals surface area contributed by atoms with Crippen LogP contribution in [0.4, 0.5) is 0 Å². The molecule has 0 aliphatic heterocycles. The molecule has 0 aliphatic rings. The predicted molar refractivity (Wildman–Crippen MR) is 136 cm³/mol. The van der Waals surface area contributed by atoms with Gasteiger partial charge in [0.05, 0.1) is 15.2 Å². The van der Waals surface area contributed by atoms with Gasteiger partial charge in [0.1, 0.15) is 11.5 Å². The Kier molecular flexibility index (Phi) is 8.76. The maximum atomic E-state index is 12.1. The van der Waals surface area contributed by atoms with Crippen LogP contribution in [0.3, 0.4) is 0 Å². The summed E-state index contributed by atoms with van der Waals surface area (Å²) < 4.78 is 8.05. The Morgan fingerprint density at radius 2 is 1.71 bits per heavy atom. The fraction of sp³-hybridized carbons (Fsp3) is 0.391. The molecular formula is C23H27Br3N2O3. The summed E-state index contributed by atoms with van der Waals surface area (Å²) in [6, 6.07) is 9.02. The first-order chi connectivity index (χ1) is 14.3. The Hall–Kier alpha value is -1.38. The van der Waals surface area contributed by atoms with E-state index >= 15 is 0 Å². The molecule has 0 saturated carbocycles. The van der Waals surface area contributed by atoms with Crippen molar-refractivity contribution in [2.45, 2.75) is 46.5 Å². The van der Waals surface area contributed by atoms with Gasteiger partial charge in [0, 0.05) is 10.0 Å². The van der Waals surface area contributed by atoms with E-state index in [2.05, 4.69) is 92.9 Å². The number of nitrogens with zero attached hydrogens (tertiary/aromatic N) is 1. The fourth-order valence-corrected chi connectivity index (χ4v) is 5.28. The number of rotatable bonds is 7. The van der Waals surface area contributed by atoms with Crippen molar-refractivity contribution >= 4 is 59.9 Å². The molecule has 31 heavy (non-hydrogen) atoms. The van der Waals surface area contributed by atoms with E-state index < -0.39 is 5.91 Å². The maximum absolute atomic E-state index is 12.1. The van der Waals surface area contributed by atoms with Crippen molar-refractivity contribution < 1.29 is 14.6 Å². The highest BCUT2D eigenvalue weighted by molar-refractivity contribution is 9.11. The number of amides is 1. The first-order valence-corrected chi connectivity index (χ1v) is 12.1. The molecule has 168 valence electrons. The summed E-state index contributed by atoms with van der Waals surface area (Å²) in [6.45, 7) is 10.9. The number of aromatic hydroxyl groups is 1. The number of phenols is 1. The van der Waals surface area contributed by atoms with Crippen molar-refractivity contribution in [3.05, 3.63) is 54.9 Å². The lowest BCUT2D eigenvalue weighted by molar-refractivity contribution is -0.123. The maximum Gasteiger partial charge on any atom is 0.277 e. The van der Waals surface area contributed by atoms with E-state index in [0.717, 1.165) is 19.8 Å². The minimum absolute atomic E-state index is 0.0219. The zero-order valence-electron chi connectivity index (χ0n) is 18.2. The van der Waals surface area contributed by atoms with Crippen molar-refractivity contribution in [3.8, 4) is 11.5 Å². The normalized spacial score (nSPS) is 12.3. The van der Waals surface area contributed by atoms with Gasteiger partial charge in [-0.3, -0.25) is 4.79 Å². The topological polar surface area (TPSA) is 70.9 Å². The first kappa shape index (κ1) is 25.9. The molecule has 2 rings (SSSR count). The Labute approximate surface area is 209 Å². The third kappa shape index (κ3) is 7.91. The van der Waals surface area contributed by atoms with Crippen LogP contribution in [0.25, 0.3) is 0 Å². The van der Waals surface area contributed by atoms with Gasteiger partial charge in [-0.15, -0.1) is 0 Å². The molecule has 0 radical (unpaired) electrons. The SMILES string of the molecule is CC(C)(C)CC(C)(C)c1cc(Br)c(OCC(=O)NN=Cc2cc(Br)ccc2O)c(Br)c1. The molecule has 0 atom stereocenters. The summed E-state index contributed by atoms with van der Waals surface area (Å²) in [5.74, 6) is 0.209. The lowest BCUT2D eigenvalue weighted by Crippen LogP contribution is -2.26. The molecule has 0 fully saturated rings. The van der Waals surface area contributed by atoms with Gasteiger partial charge in [0.2, 0.25) is 0 Å². The number of ether oxygens (including phenoxy) is 1. The highest BCUT2D eigenvalue weighted by Crippen LogP contribution is 2.42. The third-order valence-corrected chi connectivity index (χ3v) is 6.15. The molecule has 0 aromatic heterocycles. The molecule has 0 aliphatic carbocycles. The van der Waals surface area contributed by atoms with Crippen molar-refractivity contribution in [2.24, 2.45) is 10.5 Å². The van der Waals surface area contributed by atoms with E-state index in [1.165, 1.54) is 17.8 Å². The minimum atomic E-state index is -0.415. The van der Waals surface area contributed by atoms with Gasteiger partial charge < -0.3 is 9.84 Å². The highest BCUT2D eigenvalue weighted by Gasteiger charge is 2.28. The van der Waals surface area contributed by atoms with Gasteiger partial charge in [0.15, 0.2) is 6.61 Å². The number of carbonyl (C=O) groups is 1. The summed E-state index contributed by atoms with van der Waals surface area (Å²) in [4.78, 5) is 12.1. The van der Waals surface area contributed by atoms with Gasteiger partial charge in [0.25, 0.3) is 5.91 Å². The van der Waals surface area contributed by atoms with Gasteiger partial charge in [-0.05, 0) is 85.0 Å². The molecular weight excluding hydrogens is 592 g/mol. The summed E-state index contributed by atoms with van der Waals surface area (Å²) in [7, 11) is 0. The zero-order valence-corrected chi connectivity index (χ0v) is 23.0. The number of hydrogen-bond acceptors (Lipinski definition) is 4. The quantitative estimate of drug-likeness (QED) is 0.261. The Morgan fingerprint density at radius 3 is 2.29 bits per heavy atom. The van der Waals surface area contributed by atoms with Crippen LogP contribution < -0.4 is 10.2 Å². The summed E-state index contributed by atoms with van der Waals surface area (Å²) in [5.41, 5.74) is 4.23. The average molecular weight is 619 g/mol. The van der Waals surface area contributed by atoms with E-state index in [4.69, 9.17) is 4.74 Å². The van der Waals surface area contributed by atoms with Crippen molar-refractivity contribution in [1.82, 2.24) is 5.43 Å². The third-order valence-electron chi connectivity index (χ3n) is 4.48. The van der Waals surface area contributed by atoms with Gasteiger partial charge >= 0.3 is 0 Å². The summed E-state index contributed by atoms with van der Waals surface area (Å²) in [5, 5.41) is 13.7. The predicted octanol–water partition coefficient (Wildman–Crippen LogP) is 6.92. The summed E-state index contributed by atoms with van der Waals surface area (Å²) >= 11 is 10.5. The van der Waals surface area contributed by atoms with E-state index in [9.17, 15) is 9.90 Å². The number of hydrogen-bond donors (Lipinski definition) is 2. The average Bonchev–Trinajstić information content (AvgIpc) is 2.61. The van der Waals surface area contributed by atoms with Crippen LogP contribution in [-0.4, -0.2) is 23.8 Å². The van der Waals surface area contributed by atoms with Crippen molar-refractivity contribution in [2.75, 3.05) is 6.61 Å². The standard InChI is InChI=1S/C23H27Br3N2O3/c1-22(2,3)13-23(4,5)15-9-17(25)21(18(26)10-15)31-12-20(30)28-27-11-14-8-16(24)6-7-19(14)29/h6-11,29H,12-13H2,1-5H3,(H,28,30). The van der Waals surface area contributed by atoms with E-state index in [1.54, 1.807) is 12.1 Å². The Bertz CT molecular complexity index is 960. The molecule has 8 heteroatoms. The molecule has 1 amide bonds. The van der Waals surface area contributed by atoms with Crippen molar-refractivity contribution in [1.29, 1.82) is 0 Å². The molecule has 2 aromatic rings. The molecule has 0 heterocycles. The number of phenolic OH excluding ortho intramolecular Hbond substituents is 1. The number of hydrazone groups is 1. The van der Waals surface area contributed by atoms with Crippen LogP contribution in [0.15, 0.2) is 48.9 Å². The first-order valence-electron chi connectivity index (χ1n) is 9.71. The van der Waals surface area contributed by atoms with Gasteiger partial charge in [-0.2, -0.15) is 5.10 Å². The van der Waals surface area contributed by atoms with Crippen LogP contribution in [0, 0.1) is 5.41 Å². The second-order valence-electron chi connectivity index (χ2n) is 9.18. The molecule has 2 N–H and O–H groups in total. The Morgan fingerprint density at radius 1 is 1.10 bits per heavy atom. The van der Waals surface area contributed by atoms with Crippen LogP contribution in [0.1, 0.15) is 52.2 Å². The number of benzene rings is 2. The lowest BCUT2D eigenvalue weighted by Gasteiger charge is -2.33. The largest absolute Gasteiger partial charge is 0.507 e. The number of nitrogens with one attached hydrogen (secondary N) is 1.